The van der Waals surface area contributed by atoms with Crippen molar-refractivity contribution >= 4 is 11.6 Å². The third-order valence-electron chi connectivity index (χ3n) is 3.51. The molecule has 5 nitrogen and oxygen atoms in total. The number of hydrogen-bond donors (Lipinski definition) is 3. The van der Waals surface area contributed by atoms with Crippen molar-refractivity contribution in [1.82, 2.24) is 9.97 Å². The molecule has 0 spiro atoms. The highest BCUT2D eigenvalue weighted by atomic mass is 15.3. The van der Waals surface area contributed by atoms with E-state index in [-0.39, 0.29) is 5.92 Å². The molecule has 1 aromatic rings. The number of aromatic nitrogens is 2. The van der Waals surface area contributed by atoms with Gasteiger partial charge in [0.1, 0.15) is 17.5 Å². The second kappa shape index (κ2) is 5.10. The standard InChI is InChI=1S/C13H23N5/c1-7(2)11-16-12(8(3)13(17-11)18-14)15-9(4)10-5-6-10/h7,9-10H,5-6,14H2,1-4H3,(H2,15,16,17,18). The lowest BCUT2D eigenvalue weighted by atomic mass is 10.1. The lowest BCUT2D eigenvalue weighted by molar-refractivity contribution is 0.684. The number of nitrogen functional groups attached to an aromatic ring is 1. The molecule has 0 radical (unpaired) electrons. The molecule has 0 aliphatic heterocycles. The van der Waals surface area contributed by atoms with Gasteiger partial charge in [0.25, 0.3) is 0 Å². The summed E-state index contributed by atoms with van der Waals surface area (Å²) in [6, 6.07) is 0.462. The van der Waals surface area contributed by atoms with E-state index in [0.29, 0.717) is 11.9 Å². The van der Waals surface area contributed by atoms with Crippen molar-refractivity contribution in [3.8, 4) is 0 Å². The molecule has 1 aliphatic carbocycles. The first kappa shape index (κ1) is 13.1. The molecule has 1 heterocycles. The Kier molecular flexibility index (Phi) is 3.71. The van der Waals surface area contributed by atoms with Crippen LogP contribution in [0.25, 0.3) is 0 Å². The van der Waals surface area contributed by atoms with Crippen LogP contribution in [0.2, 0.25) is 0 Å². The zero-order valence-electron chi connectivity index (χ0n) is 11.6. The van der Waals surface area contributed by atoms with Gasteiger partial charge < -0.3 is 10.7 Å². The molecule has 100 valence electrons. The van der Waals surface area contributed by atoms with Crippen LogP contribution < -0.4 is 16.6 Å². The molecule has 0 saturated heterocycles. The zero-order chi connectivity index (χ0) is 13.3. The first-order valence-electron chi connectivity index (χ1n) is 6.64. The normalized spacial score (nSPS) is 16.8. The van der Waals surface area contributed by atoms with Gasteiger partial charge in [0.15, 0.2) is 0 Å². The van der Waals surface area contributed by atoms with E-state index in [2.05, 4.69) is 41.5 Å². The summed E-state index contributed by atoms with van der Waals surface area (Å²) in [5, 5.41) is 3.50. The summed E-state index contributed by atoms with van der Waals surface area (Å²) in [6.07, 6.45) is 2.63. The van der Waals surface area contributed by atoms with E-state index in [4.69, 9.17) is 5.84 Å². The maximum Gasteiger partial charge on any atom is 0.148 e. The first-order chi connectivity index (χ1) is 8.52. The Morgan fingerprint density at radius 3 is 2.28 bits per heavy atom. The van der Waals surface area contributed by atoms with E-state index in [1.165, 1.54) is 12.8 Å². The van der Waals surface area contributed by atoms with Crippen LogP contribution in [0.5, 0.6) is 0 Å². The lowest BCUT2D eigenvalue weighted by Gasteiger charge is -2.18. The van der Waals surface area contributed by atoms with E-state index in [9.17, 15) is 0 Å². The molecule has 1 atom stereocenters. The molecule has 18 heavy (non-hydrogen) atoms. The van der Waals surface area contributed by atoms with Crippen molar-refractivity contribution in [1.29, 1.82) is 0 Å². The molecule has 1 saturated carbocycles. The summed E-state index contributed by atoms with van der Waals surface area (Å²) in [6.45, 7) is 8.36. The van der Waals surface area contributed by atoms with Gasteiger partial charge in [-0.25, -0.2) is 15.8 Å². The van der Waals surface area contributed by atoms with Crippen molar-refractivity contribution < 1.29 is 0 Å². The first-order valence-corrected chi connectivity index (χ1v) is 6.64. The Bertz CT molecular complexity index is 426. The summed E-state index contributed by atoms with van der Waals surface area (Å²) in [4.78, 5) is 9.04. The van der Waals surface area contributed by atoms with Crippen LogP contribution in [0.15, 0.2) is 0 Å². The van der Waals surface area contributed by atoms with Crippen molar-refractivity contribution in [2.75, 3.05) is 10.7 Å². The average molecular weight is 249 g/mol. The van der Waals surface area contributed by atoms with Gasteiger partial charge in [-0.05, 0) is 32.6 Å². The molecule has 1 fully saturated rings. The fourth-order valence-electron chi connectivity index (χ4n) is 2.00. The van der Waals surface area contributed by atoms with Gasteiger partial charge in [0.05, 0.1) is 0 Å². The number of anilines is 2. The molecule has 1 aliphatic rings. The zero-order valence-corrected chi connectivity index (χ0v) is 11.6. The lowest BCUT2D eigenvalue weighted by Crippen LogP contribution is -2.21. The van der Waals surface area contributed by atoms with E-state index in [0.717, 1.165) is 23.1 Å². The third-order valence-corrected chi connectivity index (χ3v) is 3.51. The summed E-state index contributed by atoms with van der Waals surface area (Å²) in [5.74, 6) is 9.03. The maximum atomic E-state index is 5.52. The van der Waals surface area contributed by atoms with Crippen molar-refractivity contribution in [3.05, 3.63) is 11.4 Å². The van der Waals surface area contributed by atoms with Gasteiger partial charge in [-0.15, -0.1) is 0 Å². The number of rotatable bonds is 5. The number of hydrazine groups is 1. The van der Waals surface area contributed by atoms with Crippen LogP contribution >= 0.6 is 0 Å². The molecule has 1 aromatic heterocycles. The van der Waals surface area contributed by atoms with Gasteiger partial charge in [-0.2, -0.15) is 0 Å². The molecule has 4 N–H and O–H groups in total. The van der Waals surface area contributed by atoms with Gasteiger partial charge in [0, 0.05) is 17.5 Å². The van der Waals surface area contributed by atoms with Gasteiger partial charge in [-0.3, -0.25) is 0 Å². The molecule has 0 aromatic carbocycles. The molecule has 2 rings (SSSR count). The van der Waals surface area contributed by atoms with Gasteiger partial charge in [-0.1, -0.05) is 13.8 Å². The molecule has 1 unspecified atom stereocenters. The highest BCUT2D eigenvalue weighted by Crippen LogP contribution is 2.34. The quantitative estimate of drug-likeness (QED) is 0.552. The smallest absolute Gasteiger partial charge is 0.148 e. The maximum absolute atomic E-state index is 5.52. The van der Waals surface area contributed by atoms with Crippen LogP contribution in [0.3, 0.4) is 0 Å². The third kappa shape index (κ3) is 2.72. The minimum atomic E-state index is 0.287. The van der Waals surface area contributed by atoms with Gasteiger partial charge in [0.2, 0.25) is 0 Å². The van der Waals surface area contributed by atoms with Crippen molar-refractivity contribution in [2.45, 2.75) is 52.5 Å². The van der Waals surface area contributed by atoms with E-state index in [1.54, 1.807) is 0 Å². The van der Waals surface area contributed by atoms with E-state index < -0.39 is 0 Å². The number of hydrogen-bond acceptors (Lipinski definition) is 5. The minimum Gasteiger partial charge on any atom is -0.367 e. The van der Waals surface area contributed by atoms with Crippen LogP contribution in [-0.2, 0) is 0 Å². The monoisotopic (exact) mass is 249 g/mol. The SMILES string of the molecule is Cc1c(NN)nc(C(C)C)nc1NC(C)C1CC1. The van der Waals surface area contributed by atoms with Crippen LogP contribution in [-0.4, -0.2) is 16.0 Å². The topological polar surface area (TPSA) is 75.9 Å². The minimum absolute atomic E-state index is 0.287. The molecule has 0 amide bonds. The summed E-state index contributed by atoms with van der Waals surface area (Å²) in [5.41, 5.74) is 3.64. The number of nitrogens with zero attached hydrogens (tertiary/aromatic N) is 2. The summed E-state index contributed by atoms with van der Waals surface area (Å²) in [7, 11) is 0. The predicted octanol–water partition coefficient (Wildman–Crippen LogP) is 2.40. The Morgan fingerprint density at radius 2 is 1.78 bits per heavy atom. The van der Waals surface area contributed by atoms with E-state index >= 15 is 0 Å². The fourth-order valence-corrected chi connectivity index (χ4v) is 2.00. The van der Waals surface area contributed by atoms with Crippen LogP contribution in [0.1, 0.15) is 50.9 Å². The van der Waals surface area contributed by atoms with Crippen molar-refractivity contribution in [3.63, 3.8) is 0 Å². The molecule has 5 heteroatoms. The summed E-state index contributed by atoms with van der Waals surface area (Å²) >= 11 is 0. The van der Waals surface area contributed by atoms with E-state index in [1.807, 2.05) is 6.92 Å². The van der Waals surface area contributed by atoms with Gasteiger partial charge >= 0.3 is 0 Å². The second-order valence-corrected chi connectivity index (χ2v) is 5.47. The van der Waals surface area contributed by atoms with Crippen LogP contribution in [0, 0.1) is 12.8 Å². The highest BCUT2D eigenvalue weighted by molar-refractivity contribution is 5.57. The average Bonchev–Trinajstić information content (AvgIpc) is 3.15. The summed E-state index contributed by atoms with van der Waals surface area (Å²) < 4.78 is 0. The van der Waals surface area contributed by atoms with Crippen molar-refractivity contribution in [2.24, 2.45) is 11.8 Å². The van der Waals surface area contributed by atoms with Crippen LogP contribution in [0.4, 0.5) is 11.6 Å². The second-order valence-electron chi connectivity index (χ2n) is 5.47. The fraction of sp³-hybridized carbons (Fsp3) is 0.692. The Hall–Kier alpha value is -1.36. The highest BCUT2D eigenvalue weighted by Gasteiger charge is 2.28. The Labute approximate surface area is 109 Å². The molecular formula is C13H23N5. The number of nitrogens with two attached hydrogens (primary N) is 1. The molecular weight excluding hydrogens is 226 g/mol. The number of nitrogens with one attached hydrogen (secondary N) is 2. The Balaban J connectivity index is 2.28. The Morgan fingerprint density at radius 1 is 1.17 bits per heavy atom. The molecule has 0 bridgehead atoms. The largest absolute Gasteiger partial charge is 0.367 e. The predicted molar refractivity (Wildman–Crippen MR) is 74.5 cm³/mol.